The fourth-order valence-corrected chi connectivity index (χ4v) is 6.99. The number of amides is 1. The van der Waals surface area contributed by atoms with E-state index in [0.717, 1.165) is 35.7 Å². The van der Waals surface area contributed by atoms with Gasteiger partial charge in [0.25, 0.3) is 0 Å². The highest BCUT2D eigenvalue weighted by Crippen LogP contribution is 2.55. The van der Waals surface area contributed by atoms with E-state index in [1.807, 2.05) is 37.3 Å². The molecule has 1 aromatic heterocycles. The first kappa shape index (κ1) is 26.9. The number of halogens is 3. The van der Waals surface area contributed by atoms with E-state index >= 15 is 0 Å². The third-order valence-electron chi connectivity index (χ3n) is 7.86. The Hall–Kier alpha value is -2.72. The molecule has 3 aliphatic rings. The Labute approximate surface area is 224 Å². The van der Waals surface area contributed by atoms with Crippen LogP contribution in [-0.4, -0.2) is 64.6 Å². The Morgan fingerprint density at radius 1 is 1.21 bits per heavy atom. The molecule has 2 saturated carbocycles. The minimum absolute atomic E-state index is 0.0283. The normalized spacial score (nSPS) is 23.0. The molecule has 2 aromatic rings. The van der Waals surface area contributed by atoms with Gasteiger partial charge in [-0.3, -0.25) is 9.69 Å². The van der Waals surface area contributed by atoms with Crippen molar-refractivity contribution in [3.63, 3.8) is 0 Å². The zero-order chi connectivity index (χ0) is 27.1. The maximum atomic E-state index is 13.6. The molecule has 1 amide bonds. The van der Waals surface area contributed by atoms with E-state index in [2.05, 4.69) is 16.0 Å². The average Bonchev–Trinajstić information content (AvgIpc) is 3.46. The third-order valence-corrected chi connectivity index (χ3v) is 8.83. The number of esters is 1. The first-order valence-corrected chi connectivity index (χ1v) is 13.9. The van der Waals surface area contributed by atoms with Gasteiger partial charge in [0, 0.05) is 31.1 Å². The van der Waals surface area contributed by atoms with Crippen LogP contribution in [0.15, 0.2) is 42.1 Å². The van der Waals surface area contributed by atoms with Crippen LogP contribution < -0.4 is 0 Å². The third kappa shape index (κ3) is 5.52. The van der Waals surface area contributed by atoms with Gasteiger partial charge in [-0.2, -0.15) is 13.2 Å². The second kappa shape index (κ2) is 10.4. The predicted octanol–water partition coefficient (Wildman–Crippen LogP) is 5.56. The van der Waals surface area contributed by atoms with Gasteiger partial charge in [-0.25, -0.2) is 9.78 Å². The van der Waals surface area contributed by atoms with Crippen molar-refractivity contribution < 1.29 is 27.5 Å². The molecule has 1 spiro atoms. The number of hydrogen-bond donors (Lipinski definition) is 0. The largest absolute Gasteiger partial charge is 0.471 e. The van der Waals surface area contributed by atoms with Crippen LogP contribution >= 0.6 is 11.3 Å². The van der Waals surface area contributed by atoms with Crippen molar-refractivity contribution >= 4 is 29.3 Å². The van der Waals surface area contributed by atoms with Crippen molar-refractivity contribution in [1.29, 1.82) is 0 Å². The molecule has 5 rings (SSSR count). The van der Waals surface area contributed by atoms with Crippen molar-refractivity contribution in [3.8, 4) is 0 Å². The molecule has 0 N–H and O–H groups in total. The van der Waals surface area contributed by atoms with Crippen LogP contribution in [0.25, 0.3) is 6.08 Å². The molecule has 2 aliphatic carbocycles. The van der Waals surface area contributed by atoms with E-state index in [9.17, 15) is 22.8 Å². The van der Waals surface area contributed by atoms with E-state index < -0.39 is 18.1 Å². The van der Waals surface area contributed by atoms with Gasteiger partial charge in [0.1, 0.15) is 9.88 Å². The molecule has 1 saturated heterocycles. The van der Waals surface area contributed by atoms with Crippen molar-refractivity contribution in [2.45, 2.75) is 64.3 Å². The number of thiazole rings is 1. The SMILES string of the molecule is CCOC(=O)c1cnc(CN2CC3(CC(N(C(=O)C(F)(F)F)[C@@H]4C[C@H]4/C(=C/c4ccccc4)CC)C3)C2)s1. The summed E-state index contributed by atoms with van der Waals surface area (Å²) in [6.45, 7) is 6.18. The zero-order valence-corrected chi connectivity index (χ0v) is 22.4. The minimum Gasteiger partial charge on any atom is -0.462 e. The highest BCUT2D eigenvalue weighted by atomic mass is 32.1. The van der Waals surface area contributed by atoms with E-state index in [1.54, 1.807) is 6.92 Å². The number of carbonyl (C=O) groups excluding carboxylic acids is 2. The van der Waals surface area contributed by atoms with Gasteiger partial charge in [-0.1, -0.05) is 48.9 Å². The number of rotatable bonds is 9. The average molecular weight is 548 g/mol. The highest BCUT2D eigenvalue weighted by molar-refractivity contribution is 7.13. The summed E-state index contributed by atoms with van der Waals surface area (Å²) >= 11 is 1.30. The molecular weight excluding hydrogens is 515 g/mol. The summed E-state index contributed by atoms with van der Waals surface area (Å²) in [5, 5.41) is 0.811. The molecule has 0 radical (unpaired) electrons. The number of alkyl halides is 3. The van der Waals surface area contributed by atoms with E-state index in [-0.39, 0.29) is 23.3 Å². The maximum Gasteiger partial charge on any atom is 0.471 e. The van der Waals surface area contributed by atoms with Gasteiger partial charge < -0.3 is 9.64 Å². The first-order chi connectivity index (χ1) is 18.1. The Morgan fingerprint density at radius 2 is 1.92 bits per heavy atom. The molecule has 38 heavy (non-hydrogen) atoms. The Morgan fingerprint density at radius 3 is 2.55 bits per heavy atom. The smallest absolute Gasteiger partial charge is 0.462 e. The van der Waals surface area contributed by atoms with E-state index in [1.165, 1.54) is 22.4 Å². The van der Waals surface area contributed by atoms with E-state index in [0.29, 0.717) is 37.3 Å². The highest BCUT2D eigenvalue weighted by Gasteiger charge is 2.61. The summed E-state index contributed by atoms with van der Waals surface area (Å²) in [6, 6.07) is 8.98. The predicted molar refractivity (Wildman–Crippen MR) is 138 cm³/mol. The van der Waals surface area contributed by atoms with Crippen LogP contribution in [0.1, 0.15) is 59.8 Å². The van der Waals surface area contributed by atoms with Gasteiger partial charge >= 0.3 is 18.1 Å². The number of likely N-dealkylation sites (tertiary alicyclic amines) is 1. The molecule has 1 aliphatic heterocycles. The number of benzene rings is 1. The summed E-state index contributed by atoms with van der Waals surface area (Å²) < 4.78 is 45.8. The number of ether oxygens (including phenoxy) is 1. The second-order valence-electron chi connectivity index (χ2n) is 10.6. The lowest BCUT2D eigenvalue weighted by atomic mass is 9.60. The van der Waals surface area contributed by atoms with Crippen molar-refractivity contribution in [1.82, 2.24) is 14.8 Å². The molecule has 0 unspecified atom stereocenters. The first-order valence-electron chi connectivity index (χ1n) is 13.1. The second-order valence-corrected chi connectivity index (χ2v) is 11.8. The van der Waals surface area contributed by atoms with Crippen LogP contribution in [0.3, 0.4) is 0 Å². The van der Waals surface area contributed by atoms with Crippen molar-refractivity contribution in [2.75, 3.05) is 19.7 Å². The van der Waals surface area contributed by atoms with E-state index in [4.69, 9.17) is 4.74 Å². The lowest BCUT2D eigenvalue weighted by molar-refractivity contribution is -0.197. The van der Waals surface area contributed by atoms with Gasteiger partial charge in [0.15, 0.2) is 0 Å². The molecule has 10 heteroatoms. The van der Waals surface area contributed by atoms with Crippen LogP contribution in [0, 0.1) is 11.3 Å². The Kier molecular flexibility index (Phi) is 7.39. The Bertz CT molecular complexity index is 1200. The molecule has 204 valence electrons. The molecule has 2 atom stereocenters. The summed E-state index contributed by atoms with van der Waals surface area (Å²) in [6.07, 6.45) is 1.20. The minimum atomic E-state index is -4.88. The van der Waals surface area contributed by atoms with Gasteiger partial charge in [0.05, 0.1) is 19.3 Å². The number of hydrogen-bond acceptors (Lipinski definition) is 6. The standard InChI is InChI=1S/C28H32F3N3O3S/c1-3-19(10-18-8-6-5-7-9-18)21-11-22(21)34(26(36)28(29,30)31)20-12-27(13-20)16-33(17-27)15-24-32-14-23(38-24)25(35)37-4-2/h5-10,14,20-22H,3-4,11-13,15-17H2,1-2H3/b19-10+/t21-,22+/m0/s1. The van der Waals surface area contributed by atoms with Gasteiger partial charge in [0.2, 0.25) is 0 Å². The zero-order valence-electron chi connectivity index (χ0n) is 21.5. The fourth-order valence-electron chi connectivity index (χ4n) is 6.14. The molecule has 6 nitrogen and oxygen atoms in total. The number of aromatic nitrogens is 1. The molecular formula is C28H32F3N3O3S. The van der Waals surface area contributed by atoms with Gasteiger partial charge in [-0.05, 0) is 43.6 Å². The summed E-state index contributed by atoms with van der Waals surface area (Å²) in [5.41, 5.74) is 2.07. The van der Waals surface area contributed by atoms with Crippen LogP contribution in [0.5, 0.6) is 0 Å². The van der Waals surface area contributed by atoms with Gasteiger partial charge in [-0.15, -0.1) is 11.3 Å². The van der Waals surface area contributed by atoms with Crippen molar-refractivity contribution in [2.24, 2.45) is 11.3 Å². The molecule has 3 fully saturated rings. The lowest BCUT2D eigenvalue weighted by Crippen LogP contribution is -2.67. The summed E-state index contributed by atoms with van der Waals surface area (Å²) in [4.78, 5) is 32.6. The van der Waals surface area contributed by atoms with Crippen LogP contribution in [0.4, 0.5) is 13.2 Å². The van der Waals surface area contributed by atoms with Crippen LogP contribution in [0.2, 0.25) is 0 Å². The maximum absolute atomic E-state index is 13.6. The molecule has 1 aromatic carbocycles. The lowest BCUT2D eigenvalue weighted by Gasteiger charge is -2.61. The molecule has 0 bridgehead atoms. The molecule has 2 heterocycles. The quantitative estimate of drug-likeness (QED) is 0.385. The Balaban J connectivity index is 1.20. The van der Waals surface area contributed by atoms with Crippen molar-refractivity contribution in [3.05, 3.63) is 57.6 Å². The number of nitrogens with zero attached hydrogens (tertiary/aromatic N) is 3. The summed E-state index contributed by atoms with van der Waals surface area (Å²) in [5.74, 6) is -2.11. The summed E-state index contributed by atoms with van der Waals surface area (Å²) in [7, 11) is 0. The number of carbonyl (C=O) groups is 2. The monoisotopic (exact) mass is 547 g/mol. The fraction of sp³-hybridized carbons (Fsp3) is 0.536. The van der Waals surface area contributed by atoms with Crippen LogP contribution in [-0.2, 0) is 16.1 Å². The topological polar surface area (TPSA) is 62.7 Å².